The number of hydrogen-bond donors (Lipinski definition) is 2. The summed E-state index contributed by atoms with van der Waals surface area (Å²) < 4.78 is 26.8. The lowest BCUT2D eigenvalue weighted by atomic mass is 10.0. The van der Waals surface area contributed by atoms with Gasteiger partial charge in [-0.05, 0) is 31.4 Å². The van der Waals surface area contributed by atoms with Gasteiger partial charge < -0.3 is 11.5 Å². The molecule has 4 N–H and O–H groups in total. The Balaban J connectivity index is 2.51. The average Bonchev–Trinajstić information content (AvgIpc) is 2.38. The molecule has 1 aliphatic rings. The highest BCUT2D eigenvalue weighted by Gasteiger charge is 2.38. The van der Waals surface area contributed by atoms with E-state index in [1.807, 2.05) is 0 Å². The number of hydrogen-bond acceptors (Lipinski definition) is 4. The quantitative estimate of drug-likeness (QED) is 0.797. The van der Waals surface area contributed by atoms with Gasteiger partial charge in [-0.3, -0.25) is 4.79 Å². The number of nitrogens with zero attached hydrogens (tertiary/aromatic N) is 1. The Labute approximate surface area is 118 Å². The van der Waals surface area contributed by atoms with Gasteiger partial charge in [-0.15, -0.1) is 0 Å². The Morgan fingerprint density at radius 1 is 1.35 bits per heavy atom. The van der Waals surface area contributed by atoms with Gasteiger partial charge in [0, 0.05) is 6.54 Å². The number of primary amides is 1. The molecule has 1 heterocycles. The smallest absolute Gasteiger partial charge is 0.246 e. The summed E-state index contributed by atoms with van der Waals surface area (Å²) in [7, 11) is -3.81. The van der Waals surface area contributed by atoms with Crippen molar-refractivity contribution in [3.8, 4) is 0 Å². The Kier molecular flexibility index (Phi) is 4.01. The van der Waals surface area contributed by atoms with E-state index in [2.05, 4.69) is 0 Å². The predicted octanol–water partition coefficient (Wildman–Crippen LogP) is 0.606. The minimum Gasteiger partial charge on any atom is -0.398 e. The van der Waals surface area contributed by atoms with Crippen LogP contribution in [0.4, 0.5) is 5.69 Å². The van der Waals surface area contributed by atoms with E-state index in [0.29, 0.717) is 18.5 Å². The Morgan fingerprint density at radius 3 is 2.65 bits per heavy atom. The minimum absolute atomic E-state index is 0.0770. The molecule has 1 unspecified atom stereocenters. The first-order chi connectivity index (χ1) is 9.35. The number of nitrogen functional groups attached to an aromatic ring is 1. The number of benzene rings is 1. The molecule has 1 saturated heterocycles. The number of nitrogens with two attached hydrogens (primary N) is 2. The first-order valence-corrected chi connectivity index (χ1v) is 7.96. The fourth-order valence-electron chi connectivity index (χ4n) is 2.62. The highest BCUT2D eigenvalue weighted by Crippen LogP contribution is 2.30. The molecule has 1 aromatic carbocycles. The SMILES string of the molecule is Cc1cccc(N)c1S(=O)(=O)N1CCCCC1C(N)=O. The number of carbonyl (C=O) groups is 1. The van der Waals surface area contributed by atoms with Crippen LogP contribution >= 0.6 is 0 Å². The van der Waals surface area contributed by atoms with Crippen molar-refractivity contribution < 1.29 is 13.2 Å². The van der Waals surface area contributed by atoms with Crippen molar-refractivity contribution in [1.29, 1.82) is 0 Å². The van der Waals surface area contributed by atoms with Crippen molar-refractivity contribution in [3.63, 3.8) is 0 Å². The van der Waals surface area contributed by atoms with Crippen molar-refractivity contribution in [2.45, 2.75) is 37.1 Å². The molecular formula is C13H19N3O3S. The van der Waals surface area contributed by atoms with Crippen LogP contribution < -0.4 is 11.5 Å². The number of aryl methyl sites for hydroxylation is 1. The van der Waals surface area contributed by atoms with Crippen LogP contribution in [0.2, 0.25) is 0 Å². The first-order valence-electron chi connectivity index (χ1n) is 6.52. The normalized spacial score (nSPS) is 20.8. The van der Waals surface area contributed by atoms with Gasteiger partial charge >= 0.3 is 0 Å². The highest BCUT2D eigenvalue weighted by molar-refractivity contribution is 7.89. The van der Waals surface area contributed by atoms with Crippen molar-refractivity contribution in [1.82, 2.24) is 4.31 Å². The van der Waals surface area contributed by atoms with E-state index < -0.39 is 22.0 Å². The molecule has 0 spiro atoms. The molecule has 1 amide bonds. The third kappa shape index (κ3) is 2.51. The molecule has 110 valence electrons. The summed E-state index contributed by atoms with van der Waals surface area (Å²) in [5, 5.41) is 0. The van der Waals surface area contributed by atoms with Gasteiger partial charge in [-0.1, -0.05) is 18.6 Å². The largest absolute Gasteiger partial charge is 0.398 e. The topological polar surface area (TPSA) is 106 Å². The lowest BCUT2D eigenvalue weighted by molar-refractivity contribution is -0.122. The molecule has 0 radical (unpaired) electrons. The first kappa shape index (κ1) is 14.8. The number of sulfonamides is 1. The minimum atomic E-state index is -3.81. The molecule has 1 atom stereocenters. The summed E-state index contributed by atoms with van der Waals surface area (Å²) in [5.74, 6) is -0.611. The van der Waals surface area contributed by atoms with E-state index in [4.69, 9.17) is 11.5 Å². The molecule has 6 nitrogen and oxygen atoms in total. The van der Waals surface area contributed by atoms with Crippen LogP contribution in [0.1, 0.15) is 24.8 Å². The molecule has 0 aliphatic carbocycles. The van der Waals surface area contributed by atoms with Gasteiger partial charge in [0.05, 0.1) is 5.69 Å². The van der Waals surface area contributed by atoms with Crippen molar-refractivity contribution in [2.24, 2.45) is 5.73 Å². The van der Waals surface area contributed by atoms with Gasteiger partial charge in [0.2, 0.25) is 15.9 Å². The van der Waals surface area contributed by atoms with E-state index in [1.165, 1.54) is 4.31 Å². The molecule has 0 saturated carbocycles. The maximum absolute atomic E-state index is 12.8. The zero-order valence-corrected chi connectivity index (χ0v) is 12.2. The van der Waals surface area contributed by atoms with Crippen LogP contribution in [0.15, 0.2) is 23.1 Å². The third-order valence-corrected chi connectivity index (χ3v) is 5.72. The number of anilines is 1. The predicted molar refractivity (Wildman–Crippen MR) is 76.3 cm³/mol. The second-order valence-corrected chi connectivity index (χ2v) is 6.85. The molecule has 7 heteroatoms. The van der Waals surface area contributed by atoms with E-state index in [9.17, 15) is 13.2 Å². The molecule has 20 heavy (non-hydrogen) atoms. The van der Waals surface area contributed by atoms with Gasteiger partial charge in [0.1, 0.15) is 10.9 Å². The van der Waals surface area contributed by atoms with Crippen LogP contribution in [0, 0.1) is 6.92 Å². The molecule has 2 rings (SSSR count). The Bertz CT molecular complexity index is 607. The average molecular weight is 297 g/mol. The van der Waals surface area contributed by atoms with Crippen molar-refractivity contribution in [2.75, 3.05) is 12.3 Å². The zero-order valence-electron chi connectivity index (χ0n) is 11.4. The van der Waals surface area contributed by atoms with Gasteiger partial charge in [0.25, 0.3) is 0 Å². The molecule has 1 aromatic rings. The Hall–Kier alpha value is -1.60. The van der Waals surface area contributed by atoms with Crippen LogP contribution in [0.5, 0.6) is 0 Å². The van der Waals surface area contributed by atoms with Gasteiger partial charge in [-0.2, -0.15) is 4.31 Å². The maximum atomic E-state index is 12.8. The lowest BCUT2D eigenvalue weighted by Crippen LogP contribution is -2.50. The molecule has 0 bridgehead atoms. The van der Waals surface area contributed by atoms with Crippen LogP contribution in [-0.2, 0) is 14.8 Å². The van der Waals surface area contributed by atoms with Crippen molar-refractivity contribution in [3.05, 3.63) is 23.8 Å². The monoisotopic (exact) mass is 297 g/mol. The molecule has 1 fully saturated rings. The van der Waals surface area contributed by atoms with E-state index in [-0.39, 0.29) is 10.6 Å². The van der Waals surface area contributed by atoms with Crippen LogP contribution in [0.25, 0.3) is 0 Å². The summed E-state index contributed by atoms with van der Waals surface area (Å²) in [6.07, 6.45) is 1.97. The summed E-state index contributed by atoms with van der Waals surface area (Å²) in [6, 6.07) is 4.15. The van der Waals surface area contributed by atoms with E-state index >= 15 is 0 Å². The highest BCUT2D eigenvalue weighted by atomic mass is 32.2. The number of rotatable bonds is 3. The maximum Gasteiger partial charge on any atom is 0.246 e. The fourth-order valence-corrected chi connectivity index (χ4v) is 4.61. The van der Waals surface area contributed by atoms with Crippen LogP contribution in [0.3, 0.4) is 0 Å². The number of carbonyl (C=O) groups excluding carboxylic acids is 1. The number of piperidine rings is 1. The Morgan fingerprint density at radius 2 is 2.05 bits per heavy atom. The summed E-state index contributed by atoms with van der Waals surface area (Å²) in [5.41, 5.74) is 11.9. The summed E-state index contributed by atoms with van der Waals surface area (Å²) >= 11 is 0. The summed E-state index contributed by atoms with van der Waals surface area (Å²) in [6.45, 7) is 1.98. The lowest BCUT2D eigenvalue weighted by Gasteiger charge is -2.33. The molecular weight excluding hydrogens is 278 g/mol. The second kappa shape index (κ2) is 5.41. The van der Waals surface area contributed by atoms with E-state index in [0.717, 1.165) is 12.8 Å². The second-order valence-electron chi connectivity index (χ2n) is 5.02. The fraction of sp³-hybridized carbons (Fsp3) is 0.462. The third-order valence-electron chi connectivity index (χ3n) is 3.59. The van der Waals surface area contributed by atoms with Crippen molar-refractivity contribution >= 4 is 21.6 Å². The van der Waals surface area contributed by atoms with E-state index in [1.54, 1.807) is 25.1 Å². The summed E-state index contributed by atoms with van der Waals surface area (Å²) in [4.78, 5) is 11.6. The van der Waals surface area contributed by atoms with Gasteiger partial charge in [-0.25, -0.2) is 8.42 Å². The van der Waals surface area contributed by atoms with Gasteiger partial charge in [0.15, 0.2) is 0 Å². The zero-order chi connectivity index (χ0) is 14.9. The standard InChI is InChI=1S/C13H19N3O3S/c1-9-5-4-6-10(14)12(9)20(18,19)16-8-3-2-7-11(16)13(15)17/h4-6,11H,2-3,7-8,14H2,1H3,(H2,15,17). The van der Waals surface area contributed by atoms with Crippen LogP contribution in [-0.4, -0.2) is 31.2 Å². The molecule has 1 aliphatic heterocycles. The molecule has 0 aromatic heterocycles. The number of amides is 1.